The molecule has 3 N–H and O–H groups in total. The van der Waals surface area contributed by atoms with E-state index in [0.717, 1.165) is 12.3 Å². The minimum Gasteiger partial charge on any atom is -0.502 e. The van der Waals surface area contributed by atoms with Crippen molar-refractivity contribution in [3.05, 3.63) is 55.4 Å². The summed E-state index contributed by atoms with van der Waals surface area (Å²) in [4.78, 5) is 31.5. The maximum Gasteiger partial charge on any atom is 0.318 e. The Balaban J connectivity index is 2.26. The largest absolute Gasteiger partial charge is 0.502 e. The van der Waals surface area contributed by atoms with E-state index in [9.17, 15) is 30.1 Å². The van der Waals surface area contributed by atoms with Crippen molar-refractivity contribution in [2.24, 2.45) is 5.10 Å². The smallest absolute Gasteiger partial charge is 0.318 e. The number of aryl methyl sites for hydroxylation is 1. The predicted molar refractivity (Wildman–Crippen MR) is 79.8 cm³/mol. The maximum atomic E-state index is 11.7. The Bertz CT molecular complexity index is 858. The quantitative estimate of drug-likeness (QED) is 0.414. The fraction of sp³-hybridized carbons (Fsp3) is 0.0833. The van der Waals surface area contributed by atoms with Crippen LogP contribution >= 0.6 is 0 Å². The fourth-order valence-electron chi connectivity index (χ4n) is 1.72. The van der Waals surface area contributed by atoms with Crippen LogP contribution < -0.4 is 5.43 Å². The average Bonchev–Trinajstić information content (AvgIpc) is 2.94. The zero-order valence-corrected chi connectivity index (χ0v) is 12.1. The van der Waals surface area contributed by atoms with Crippen molar-refractivity contribution in [1.82, 2.24) is 15.6 Å². The van der Waals surface area contributed by atoms with E-state index >= 15 is 0 Å². The molecule has 124 valence electrons. The summed E-state index contributed by atoms with van der Waals surface area (Å²) in [5.41, 5.74) is 1.04. The number of hydrogen-bond donors (Lipinski definition) is 3. The van der Waals surface area contributed by atoms with Crippen LogP contribution in [0.2, 0.25) is 0 Å². The third kappa shape index (κ3) is 3.49. The van der Waals surface area contributed by atoms with Crippen LogP contribution in [0, 0.1) is 27.2 Å². The second kappa shape index (κ2) is 6.51. The number of non-ortho nitro benzene ring substituents is 1. The Morgan fingerprint density at radius 1 is 1.33 bits per heavy atom. The van der Waals surface area contributed by atoms with Crippen LogP contribution in [-0.4, -0.2) is 37.3 Å². The van der Waals surface area contributed by atoms with Crippen LogP contribution in [-0.2, 0) is 0 Å². The van der Waals surface area contributed by atoms with Gasteiger partial charge in [0.05, 0.1) is 27.7 Å². The molecule has 1 heterocycles. The molecule has 2 aromatic rings. The first-order valence-corrected chi connectivity index (χ1v) is 6.30. The lowest BCUT2D eigenvalue weighted by Crippen LogP contribution is -2.18. The molecule has 12 nitrogen and oxygen atoms in total. The summed E-state index contributed by atoms with van der Waals surface area (Å²) in [6, 6.07) is 2.97. The normalized spacial score (nSPS) is 10.7. The first-order chi connectivity index (χ1) is 11.3. The minimum absolute atomic E-state index is 0.0545. The summed E-state index contributed by atoms with van der Waals surface area (Å²) < 4.78 is 0. The highest BCUT2D eigenvalue weighted by molar-refractivity contribution is 5.94. The van der Waals surface area contributed by atoms with Crippen molar-refractivity contribution in [3.8, 4) is 5.75 Å². The predicted octanol–water partition coefficient (Wildman–Crippen LogP) is 1.00. The highest BCUT2D eigenvalue weighted by Gasteiger charge is 2.23. The number of nitro groups is 2. The van der Waals surface area contributed by atoms with Gasteiger partial charge in [0.25, 0.3) is 11.6 Å². The first-order valence-electron chi connectivity index (χ1n) is 6.30. The van der Waals surface area contributed by atoms with Gasteiger partial charge in [-0.15, -0.1) is 0 Å². The van der Waals surface area contributed by atoms with Crippen molar-refractivity contribution in [3.63, 3.8) is 0 Å². The molecule has 0 radical (unpaired) electrons. The lowest BCUT2D eigenvalue weighted by molar-refractivity contribution is -0.394. The number of amides is 1. The number of phenolic OH excluding ortho intramolecular Hbond substituents is 1. The van der Waals surface area contributed by atoms with Gasteiger partial charge in [-0.1, -0.05) is 0 Å². The molecule has 1 amide bonds. The van der Waals surface area contributed by atoms with Gasteiger partial charge >= 0.3 is 5.69 Å². The number of hydrazone groups is 1. The van der Waals surface area contributed by atoms with E-state index in [1.807, 2.05) is 0 Å². The number of hydrogen-bond acceptors (Lipinski definition) is 8. The molecule has 1 aromatic heterocycles. The molecule has 0 spiro atoms. The number of aromatic hydroxyl groups is 1. The molecule has 24 heavy (non-hydrogen) atoms. The monoisotopic (exact) mass is 334 g/mol. The SMILES string of the molecule is Cc1cc(C(=O)N/N=C\c2cc([N+](=O)[O-])cc([N+](=O)[O-])c2O)n[nH]1. The molecular formula is C12H10N6O6. The zero-order chi connectivity index (χ0) is 17.9. The summed E-state index contributed by atoms with van der Waals surface area (Å²) in [6.45, 7) is 1.69. The summed E-state index contributed by atoms with van der Waals surface area (Å²) >= 11 is 0. The van der Waals surface area contributed by atoms with E-state index < -0.39 is 32.9 Å². The molecule has 0 aliphatic rings. The standard InChI is InChI=1S/C12H10N6O6/c1-6-2-9(15-14-6)12(20)16-13-5-7-3-8(17(21)22)4-10(11(7)19)18(23)24/h2-5,19H,1H3,(H,14,15)(H,16,20)/b13-5-. The molecule has 0 saturated carbocycles. The van der Waals surface area contributed by atoms with Crippen LogP contribution in [0.15, 0.2) is 23.3 Å². The Hall–Kier alpha value is -3.83. The molecule has 0 aliphatic carbocycles. The van der Waals surface area contributed by atoms with Gasteiger partial charge in [-0.05, 0) is 13.0 Å². The molecule has 0 bridgehead atoms. The number of aromatic nitrogens is 2. The molecule has 0 fully saturated rings. The van der Waals surface area contributed by atoms with Gasteiger partial charge in [-0.2, -0.15) is 10.2 Å². The first kappa shape index (κ1) is 16.5. The molecular weight excluding hydrogens is 324 g/mol. The summed E-state index contributed by atoms with van der Waals surface area (Å²) in [6.07, 6.45) is 0.854. The van der Waals surface area contributed by atoms with Crippen molar-refractivity contribution >= 4 is 23.5 Å². The summed E-state index contributed by atoms with van der Waals surface area (Å²) in [7, 11) is 0. The van der Waals surface area contributed by atoms with Crippen LogP contribution in [0.1, 0.15) is 21.7 Å². The number of nitrogens with one attached hydrogen (secondary N) is 2. The van der Waals surface area contributed by atoms with Crippen molar-refractivity contribution in [1.29, 1.82) is 0 Å². The number of nitrogens with zero attached hydrogens (tertiary/aromatic N) is 4. The van der Waals surface area contributed by atoms with Gasteiger partial charge in [0.1, 0.15) is 0 Å². The van der Waals surface area contributed by atoms with E-state index in [4.69, 9.17) is 0 Å². The Morgan fingerprint density at radius 3 is 2.58 bits per heavy atom. The van der Waals surface area contributed by atoms with E-state index in [1.54, 1.807) is 6.92 Å². The highest BCUT2D eigenvalue weighted by Crippen LogP contribution is 2.33. The van der Waals surface area contributed by atoms with E-state index in [1.165, 1.54) is 6.07 Å². The maximum absolute atomic E-state index is 11.7. The van der Waals surface area contributed by atoms with E-state index in [-0.39, 0.29) is 11.3 Å². The number of carbonyl (C=O) groups is 1. The Morgan fingerprint density at radius 2 is 2.04 bits per heavy atom. The molecule has 12 heteroatoms. The minimum atomic E-state index is -0.968. The van der Waals surface area contributed by atoms with Crippen molar-refractivity contribution < 1.29 is 19.7 Å². The zero-order valence-electron chi connectivity index (χ0n) is 12.1. The number of H-pyrrole nitrogens is 1. The molecule has 0 saturated heterocycles. The third-order valence-electron chi connectivity index (χ3n) is 2.82. The van der Waals surface area contributed by atoms with Crippen molar-refractivity contribution in [2.45, 2.75) is 6.92 Å². The van der Waals surface area contributed by atoms with Gasteiger partial charge in [-0.25, -0.2) is 5.43 Å². The third-order valence-corrected chi connectivity index (χ3v) is 2.82. The van der Waals surface area contributed by atoms with Gasteiger partial charge in [0.15, 0.2) is 5.69 Å². The average molecular weight is 334 g/mol. The summed E-state index contributed by atoms with van der Waals surface area (Å²) in [5, 5.41) is 41.1. The number of aromatic amines is 1. The van der Waals surface area contributed by atoms with Gasteiger partial charge in [0, 0.05) is 11.8 Å². The van der Waals surface area contributed by atoms with Gasteiger partial charge in [0.2, 0.25) is 5.75 Å². The van der Waals surface area contributed by atoms with Gasteiger partial charge < -0.3 is 5.11 Å². The summed E-state index contributed by atoms with van der Waals surface area (Å²) in [5.74, 6) is -1.48. The molecule has 2 rings (SSSR count). The molecule has 0 atom stereocenters. The molecule has 0 aliphatic heterocycles. The number of carbonyl (C=O) groups excluding carboxylic acids is 1. The number of benzene rings is 1. The Kier molecular flexibility index (Phi) is 4.49. The molecule has 1 aromatic carbocycles. The number of phenols is 1. The topological polar surface area (TPSA) is 177 Å². The Labute approximate surface area is 133 Å². The van der Waals surface area contributed by atoms with Crippen LogP contribution in [0.3, 0.4) is 0 Å². The number of nitro benzene ring substituents is 2. The van der Waals surface area contributed by atoms with Crippen molar-refractivity contribution in [2.75, 3.05) is 0 Å². The second-order valence-electron chi connectivity index (χ2n) is 4.55. The second-order valence-corrected chi connectivity index (χ2v) is 4.55. The van der Waals surface area contributed by atoms with E-state index in [2.05, 4.69) is 20.7 Å². The highest BCUT2D eigenvalue weighted by atomic mass is 16.6. The van der Waals surface area contributed by atoms with Crippen LogP contribution in [0.5, 0.6) is 5.75 Å². The molecule has 0 unspecified atom stereocenters. The fourth-order valence-corrected chi connectivity index (χ4v) is 1.72. The van der Waals surface area contributed by atoms with Crippen LogP contribution in [0.25, 0.3) is 0 Å². The van der Waals surface area contributed by atoms with E-state index in [0.29, 0.717) is 11.8 Å². The lowest BCUT2D eigenvalue weighted by atomic mass is 10.1. The van der Waals surface area contributed by atoms with Gasteiger partial charge in [-0.3, -0.25) is 30.1 Å². The van der Waals surface area contributed by atoms with Crippen LogP contribution in [0.4, 0.5) is 11.4 Å². The number of rotatable bonds is 5. The lowest BCUT2D eigenvalue weighted by Gasteiger charge is -2.01.